The first-order chi connectivity index (χ1) is 8.54. The molecular weight excluding hydrogens is 259 g/mol. The molecule has 98 valence electrons. The van der Waals surface area contributed by atoms with E-state index < -0.39 is 5.82 Å². The third-order valence-corrected chi connectivity index (χ3v) is 2.86. The fourth-order valence-electron chi connectivity index (χ4n) is 1.77. The molecule has 1 aliphatic rings. The Balaban J connectivity index is 1.90. The first-order valence-electron chi connectivity index (χ1n) is 5.62. The summed E-state index contributed by atoms with van der Waals surface area (Å²) in [6.45, 7) is 2.38. The average Bonchev–Trinajstić information content (AvgIpc) is 2.69. The lowest BCUT2D eigenvalue weighted by Gasteiger charge is -2.16. The standard InChI is InChI=1S/C12H14ClFN2O2/c1-7(4-8-6-17-12(15)16-8)18-9-2-3-11(14)10(13)5-9/h2-3,5,7-8H,4,6H2,1H3,(H2,15,16)/t7?,8-/m0/s1. The SMILES string of the molecule is CC(C[C@H]1COC(N)=N1)Oc1ccc(F)c(Cl)c1. The topological polar surface area (TPSA) is 56.8 Å². The van der Waals surface area contributed by atoms with Crippen molar-refractivity contribution in [3.63, 3.8) is 0 Å². The molecule has 2 atom stereocenters. The smallest absolute Gasteiger partial charge is 0.282 e. The van der Waals surface area contributed by atoms with Gasteiger partial charge < -0.3 is 15.2 Å². The van der Waals surface area contributed by atoms with Crippen LogP contribution in [0.25, 0.3) is 0 Å². The first kappa shape index (κ1) is 13.0. The van der Waals surface area contributed by atoms with Gasteiger partial charge in [0.2, 0.25) is 0 Å². The number of ether oxygens (including phenoxy) is 2. The van der Waals surface area contributed by atoms with Gasteiger partial charge in [-0.25, -0.2) is 9.38 Å². The van der Waals surface area contributed by atoms with Crippen LogP contribution in [-0.2, 0) is 4.74 Å². The van der Waals surface area contributed by atoms with Gasteiger partial charge in [-0.3, -0.25) is 0 Å². The van der Waals surface area contributed by atoms with E-state index in [4.69, 9.17) is 26.8 Å². The van der Waals surface area contributed by atoms with Gasteiger partial charge in [-0.2, -0.15) is 0 Å². The van der Waals surface area contributed by atoms with E-state index in [0.29, 0.717) is 18.8 Å². The fraction of sp³-hybridized carbons (Fsp3) is 0.417. The van der Waals surface area contributed by atoms with Gasteiger partial charge in [-0.1, -0.05) is 11.6 Å². The average molecular weight is 273 g/mol. The molecule has 18 heavy (non-hydrogen) atoms. The zero-order valence-corrected chi connectivity index (χ0v) is 10.7. The van der Waals surface area contributed by atoms with Gasteiger partial charge in [0.05, 0.1) is 17.2 Å². The molecule has 0 radical (unpaired) electrons. The highest BCUT2D eigenvalue weighted by molar-refractivity contribution is 6.30. The quantitative estimate of drug-likeness (QED) is 0.915. The molecule has 0 saturated carbocycles. The molecule has 1 aromatic carbocycles. The molecule has 2 N–H and O–H groups in total. The monoisotopic (exact) mass is 272 g/mol. The van der Waals surface area contributed by atoms with E-state index in [-0.39, 0.29) is 23.2 Å². The van der Waals surface area contributed by atoms with E-state index in [9.17, 15) is 4.39 Å². The van der Waals surface area contributed by atoms with E-state index in [2.05, 4.69) is 4.99 Å². The molecule has 1 aromatic rings. The fourth-order valence-corrected chi connectivity index (χ4v) is 1.94. The molecule has 0 amide bonds. The van der Waals surface area contributed by atoms with Gasteiger partial charge in [-0.15, -0.1) is 0 Å². The number of nitrogens with zero attached hydrogens (tertiary/aromatic N) is 1. The van der Waals surface area contributed by atoms with Crippen LogP contribution in [0.4, 0.5) is 4.39 Å². The number of nitrogens with two attached hydrogens (primary N) is 1. The molecule has 0 saturated heterocycles. The molecule has 1 heterocycles. The van der Waals surface area contributed by atoms with Crippen LogP contribution in [0.2, 0.25) is 5.02 Å². The lowest BCUT2D eigenvalue weighted by atomic mass is 10.1. The Morgan fingerprint density at radius 2 is 2.44 bits per heavy atom. The number of amidine groups is 1. The predicted octanol–water partition coefficient (Wildman–Crippen LogP) is 2.35. The summed E-state index contributed by atoms with van der Waals surface area (Å²) in [4.78, 5) is 4.11. The van der Waals surface area contributed by atoms with Crippen LogP contribution < -0.4 is 10.5 Å². The Hall–Kier alpha value is -1.49. The Kier molecular flexibility index (Phi) is 3.91. The molecule has 1 aliphatic heterocycles. The predicted molar refractivity (Wildman–Crippen MR) is 67.5 cm³/mol. The Morgan fingerprint density at radius 3 is 3.06 bits per heavy atom. The maximum atomic E-state index is 13.0. The Bertz CT molecular complexity index is 467. The van der Waals surface area contributed by atoms with E-state index in [1.54, 1.807) is 6.07 Å². The minimum atomic E-state index is -0.460. The van der Waals surface area contributed by atoms with Crippen LogP contribution in [0.1, 0.15) is 13.3 Å². The summed E-state index contributed by atoms with van der Waals surface area (Å²) in [6, 6.07) is 4.50. The number of benzene rings is 1. The summed E-state index contributed by atoms with van der Waals surface area (Å²) in [7, 11) is 0. The van der Waals surface area contributed by atoms with E-state index in [1.807, 2.05) is 6.92 Å². The van der Waals surface area contributed by atoms with Gasteiger partial charge >= 0.3 is 0 Å². The molecule has 0 spiro atoms. The Labute approximate surface area is 110 Å². The first-order valence-corrected chi connectivity index (χ1v) is 6.00. The van der Waals surface area contributed by atoms with E-state index >= 15 is 0 Å². The molecule has 2 rings (SSSR count). The van der Waals surface area contributed by atoms with Crippen LogP contribution in [0, 0.1) is 5.82 Å². The number of rotatable bonds is 4. The maximum absolute atomic E-state index is 13.0. The number of hydrogen-bond acceptors (Lipinski definition) is 4. The van der Waals surface area contributed by atoms with Crippen molar-refractivity contribution in [3.05, 3.63) is 29.0 Å². The second-order valence-corrected chi connectivity index (χ2v) is 4.58. The molecule has 6 heteroatoms. The van der Waals surface area contributed by atoms with Gasteiger partial charge in [-0.05, 0) is 19.1 Å². The summed E-state index contributed by atoms with van der Waals surface area (Å²) in [6.07, 6.45) is 0.588. The lowest BCUT2D eigenvalue weighted by molar-refractivity contribution is 0.189. The van der Waals surface area contributed by atoms with Gasteiger partial charge in [0, 0.05) is 12.5 Å². The molecule has 0 bridgehead atoms. The van der Waals surface area contributed by atoms with Gasteiger partial charge in [0.25, 0.3) is 6.02 Å². The van der Waals surface area contributed by atoms with Crippen molar-refractivity contribution >= 4 is 17.6 Å². The highest BCUT2D eigenvalue weighted by Crippen LogP contribution is 2.23. The van der Waals surface area contributed by atoms with Crippen molar-refractivity contribution in [2.75, 3.05) is 6.61 Å². The third kappa shape index (κ3) is 3.26. The van der Waals surface area contributed by atoms with Crippen LogP contribution in [0.15, 0.2) is 23.2 Å². The van der Waals surface area contributed by atoms with Crippen molar-refractivity contribution in [2.24, 2.45) is 10.7 Å². The zero-order valence-electron chi connectivity index (χ0n) is 9.90. The number of hydrogen-bond donors (Lipinski definition) is 1. The molecule has 0 fully saturated rings. The van der Waals surface area contributed by atoms with Gasteiger partial charge in [0.15, 0.2) is 0 Å². The molecule has 1 unspecified atom stereocenters. The highest BCUT2D eigenvalue weighted by Gasteiger charge is 2.20. The number of halogens is 2. The summed E-state index contributed by atoms with van der Waals surface area (Å²) in [5.74, 6) is 0.0722. The molecule has 0 aliphatic carbocycles. The van der Waals surface area contributed by atoms with Crippen LogP contribution in [-0.4, -0.2) is 24.8 Å². The van der Waals surface area contributed by atoms with Crippen LogP contribution >= 0.6 is 11.6 Å². The molecular formula is C12H14ClFN2O2. The van der Waals surface area contributed by atoms with Crippen LogP contribution in [0.5, 0.6) is 5.75 Å². The second kappa shape index (κ2) is 5.44. The second-order valence-electron chi connectivity index (χ2n) is 4.17. The van der Waals surface area contributed by atoms with E-state index in [1.165, 1.54) is 12.1 Å². The third-order valence-electron chi connectivity index (χ3n) is 2.57. The largest absolute Gasteiger partial charge is 0.491 e. The lowest BCUT2D eigenvalue weighted by Crippen LogP contribution is -2.20. The minimum absolute atomic E-state index is 0.0101. The summed E-state index contributed by atoms with van der Waals surface area (Å²) in [5.41, 5.74) is 5.42. The normalized spacial score (nSPS) is 20.2. The summed E-state index contributed by atoms with van der Waals surface area (Å²) >= 11 is 5.67. The van der Waals surface area contributed by atoms with E-state index in [0.717, 1.165) is 0 Å². The maximum Gasteiger partial charge on any atom is 0.282 e. The minimum Gasteiger partial charge on any atom is -0.491 e. The highest BCUT2D eigenvalue weighted by atomic mass is 35.5. The van der Waals surface area contributed by atoms with Crippen LogP contribution in [0.3, 0.4) is 0 Å². The summed E-state index contributed by atoms with van der Waals surface area (Å²) < 4.78 is 23.7. The molecule has 4 nitrogen and oxygen atoms in total. The molecule has 0 aromatic heterocycles. The Morgan fingerprint density at radius 1 is 1.67 bits per heavy atom. The van der Waals surface area contributed by atoms with Crippen molar-refractivity contribution in [1.29, 1.82) is 0 Å². The number of aliphatic imine (C=N–C) groups is 1. The van der Waals surface area contributed by atoms with Gasteiger partial charge in [0.1, 0.15) is 18.2 Å². The van der Waals surface area contributed by atoms with Crippen molar-refractivity contribution in [2.45, 2.75) is 25.5 Å². The summed E-state index contributed by atoms with van der Waals surface area (Å²) in [5, 5.41) is 0.0474. The zero-order chi connectivity index (χ0) is 13.1. The van der Waals surface area contributed by atoms with Crippen molar-refractivity contribution < 1.29 is 13.9 Å². The van der Waals surface area contributed by atoms with Crippen molar-refractivity contribution in [3.8, 4) is 5.75 Å². The van der Waals surface area contributed by atoms with Crippen molar-refractivity contribution in [1.82, 2.24) is 0 Å².